The number of fused-ring (bicyclic) bond motifs is 1. The van der Waals surface area contributed by atoms with Gasteiger partial charge in [0.25, 0.3) is 5.91 Å². The quantitative estimate of drug-likeness (QED) is 0.253. The van der Waals surface area contributed by atoms with E-state index >= 15 is 0 Å². The Balaban J connectivity index is 0.000000605. The summed E-state index contributed by atoms with van der Waals surface area (Å²) in [5.74, 6) is 0.161. The summed E-state index contributed by atoms with van der Waals surface area (Å²) in [6.45, 7) is 1.91. The standard InChI is InChI=1S/C7H7NOS.Na.H/c1-2-5-6(9)8-3-4-10-7(5)8;;/h2-4,7H,1H3;;/q;+1;-1/b5-2-;;/t7-;;/m0../s1. The number of hydrogen-bond acceptors (Lipinski definition) is 2. The summed E-state index contributed by atoms with van der Waals surface area (Å²) in [4.78, 5) is 12.8. The fourth-order valence-electron chi connectivity index (χ4n) is 1.17. The second-order valence-corrected chi connectivity index (χ2v) is 3.22. The van der Waals surface area contributed by atoms with Crippen LogP contribution in [0.15, 0.2) is 23.3 Å². The maximum atomic E-state index is 11.1. The molecule has 2 nitrogen and oxygen atoms in total. The number of nitrogens with zero attached hydrogens (tertiary/aromatic N) is 1. The fourth-order valence-corrected chi connectivity index (χ4v) is 2.20. The summed E-state index contributed by atoms with van der Waals surface area (Å²) in [6.07, 6.45) is 3.73. The minimum absolute atomic E-state index is 0. The Hall–Kier alpha value is 0.300. The smallest absolute Gasteiger partial charge is 1.00 e. The van der Waals surface area contributed by atoms with Crippen LogP contribution in [0.2, 0.25) is 0 Å². The number of thioether (sulfide) groups is 1. The molecule has 0 unspecified atom stereocenters. The van der Waals surface area contributed by atoms with Crippen LogP contribution in [0.5, 0.6) is 0 Å². The minimum Gasteiger partial charge on any atom is -1.00 e. The van der Waals surface area contributed by atoms with Gasteiger partial charge in [0.1, 0.15) is 5.37 Å². The van der Waals surface area contributed by atoms with Gasteiger partial charge in [-0.3, -0.25) is 9.69 Å². The van der Waals surface area contributed by atoms with Crippen molar-refractivity contribution in [1.82, 2.24) is 4.90 Å². The van der Waals surface area contributed by atoms with Gasteiger partial charge in [-0.2, -0.15) is 0 Å². The molecule has 0 N–H and O–H groups in total. The van der Waals surface area contributed by atoms with Crippen molar-refractivity contribution in [2.75, 3.05) is 0 Å². The van der Waals surface area contributed by atoms with Crippen LogP contribution in [-0.2, 0) is 4.79 Å². The van der Waals surface area contributed by atoms with Crippen molar-refractivity contribution in [3.05, 3.63) is 23.3 Å². The number of β-lactam (4-membered cyclic amide) rings is 1. The van der Waals surface area contributed by atoms with Gasteiger partial charge in [-0.25, -0.2) is 0 Å². The molecule has 11 heavy (non-hydrogen) atoms. The van der Waals surface area contributed by atoms with Crippen LogP contribution in [0.25, 0.3) is 0 Å². The first-order valence-corrected chi connectivity index (χ1v) is 4.10. The molecule has 1 amide bonds. The molecule has 0 bridgehead atoms. The number of hydrogen-bond donors (Lipinski definition) is 0. The van der Waals surface area contributed by atoms with E-state index in [1.165, 1.54) is 0 Å². The van der Waals surface area contributed by atoms with Crippen LogP contribution < -0.4 is 29.6 Å². The van der Waals surface area contributed by atoms with E-state index in [4.69, 9.17) is 0 Å². The van der Waals surface area contributed by atoms with Crippen LogP contribution >= 0.6 is 11.8 Å². The molecular weight excluding hydrogens is 169 g/mol. The van der Waals surface area contributed by atoms with E-state index < -0.39 is 0 Å². The zero-order valence-corrected chi connectivity index (χ0v) is 9.39. The van der Waals surface area contributed by atoms with Crippen molar-refractivity contribution in [2.45, 2.75) is 12.3 Å². The second kappa shape index (κ2) is 3.35. The van der Waals surface area contributed by atoms with Crippen LogP contribution in [0.4, 0.5) is 0 Å². The third-order valence-corrected chi connectivity index (χ3v) is 2.76. The molecule has 0 aromatic heterocycles. The van der Waals surface area contributed by atoms with Crippen LogP contribution in [-0.4, -0.2) is 16.2 Å². The topological polar surface area (TPSA) is 20.3 Å². The number of allylic oxidation sites excluding steroid dienone is 1. The maximum Gasteiger partial charge on any atom is 1.00 e. The number of carbonyl (C=O) groups excluding carboxylic acids is 1. The van der Waals surface area contributed by atoms with Crippen molar-refractivity contribution in [1.29, 1.82) is 0 Å². The van der Waals surface area contributed by atoms with E-state index in [2.05, 4.69) is 0 Å². The molecule has 0 aromatic rings. The summed E-state index contributed by atoms with van der Waals surface area (Å²) in [5.41, 5.74) is 0.940. The molecule has 1 fully saturated rings. The molecule has 0 spiro atoms. The van der Waals surface area contributed by atoms with Gasteiger partial charge in [-0.15, -0.1) is 11.8 Å². The van der Waals surface area contributed by atoms with Crippen molar-refractivity contribution in [3.63, 3.8) is 0 Å². The molecule has 54 valence electrons. The molecule has 0 radical (unpaired) electrons. The second-order valence-electron chi connectivity index (χ2n) is 2.23. The van der Waals surface area contributed by atoms with Crippen LogP contribution in [0, 0.1) is 0 Å². The van der Waals surface area contributed by atoms with Gasteiger partial charge in [-0.05, 0) is 12.3 Å². The Labute approximate surface area is 93.5 Å². The Morgan fingerprint density at radius 2 is 2.55 bits per heavy atom. The normalized spacial score (nSPS) is 29.9. The van der Waals surface area contributed by atoms with Gasteiger partial charge in [-0.1, -0.05) is 6.08 Å². The van der Waals surface area contributed by atoms with Crippen molar-refractivity contribution >= 4 is 17.7 Å². The predicted octanol–water partition coefficient (Wildman–Crippen LogP) is -1.56. The molecule has 2 heterocycles. The number of carbonyl (C=O) groups is 1. The molecule has 0 aromatic carbocycles. The summed E-state index contributed by atoms with van der Waals surface area (Å²) in [5, 5.41) is 2.26. The molecular formula is C7H8NNaOS. The minimum atomic E-state index is 0. The van der Waals surface area contributed by atoms with Crippen molar-refractivity contribution in [2.24, 2.45) is 0 Å². The number of rotatable bonds is 0. The van der Waals surface area contributed by atoms with E-state index in [0.717, 1.165) is 5.57 Å². The van der Waals surface area contributed by atoms with Gasteiger partial charge in [0.2, 0.25) is 0 Å². The molecule has 2 aliphatic heterocycles. The zero-order valence-electron chi connectivity index (χ0n) is 7.57. The third-order valence-electron chi connectivity index (χ3n) is 1.74. The molecule has 4 heteroatoms. The monoisotopic (exact) mass is 177 g/mol. The molecule has 0 saturated carbocycles. The van der Waals surface area contributed by atoms with E-state index in [9.17, 15) is 4.79 Å². The summed E-state index contributed by atoms with van der Waals surface area (Å²) >= 11 is 1.68. The Morgan fingerprint density at radius 3 is 3.18 bits per heavy atom. The molecule has 2 aliphatic rings. The molecule has 1 saturated heterocycles. The van der Waals surface area contributed by atoms with E-state index in [1.807, 2.05) is 24.6 Å². The SMILES string of the molecule is C/C=C1/C(=O)N2C=CS[C@@H]12.[H-].[Na+]. The average molecular weight is 177 g/mol. The first kappa shape index (κ1) is 9.39. The van der Waals surface area contributed by atoms with Gasteiger partial charge in [0, 0.05) is 11.8 Å². The fraction of sp³-hybridized carbons (Fsp3) is 0.286. The van der Waals surface area contributed by atoms with Gasteiger partial charge < -0.3 is 1.43 Å². The van der Waals surface area contributed by atoms with Crippen LogP contribution in [0.3, 0.4) is 0 Å². The average Bonchev–Trinajstić information content (AvgIpc) is 2.33. The maximum absolute atomic E-state index is 11.1. The molecule has 1 atom stereocenters. The van der Waals surface area contributed by atoms with Crippen molar-refractivity contribution < 1.29 is 35.8 Å². The third kappa shape index (κ3) is 1.20. The largest absolute Gasteiger partial charge is 1.00 e. The number of amides is 1. The summed E-state index contributed by atoms with van der Waals surface area (Å²) in [6, 6.07) is 0. The Bertz CT molecular complexity index is 254. The summed E-state index contributed by atoms with van der Waals surface area (Å²) in [7, 11) is 0. The van der Waals surface area contributed by atoms with Crippen molar-refractivity contribution in [3.8, 4) is 0 Å². The van der Waals surface area contributed by atoms with Gasteiger partial charge in [0.05, 0.1) is 0 Å². The van der Waals surface area contributed by atoms with Crippen LogP contribution in [0.1, 0.15) is 8.35 Å². The van der Waals surface area contributed by atoms with E-state index in [1.54, 1.807) is 16.7 Å². The molecule has 2 rings (SSSR count). The van der Waals surface area contributed by atoms with E-state index in [-0.39, 0.29) is 36.9 Å². The molecule has 0 aliphatic carbocycles. The first-order chi connectivity index (χ1) is 4.84. The van der Waals surface area contributed by atoms with Gasteiger partial charge >= 0.3 is 29.6 Å². The summed E-state index contributed by atoms with van der Waals surface area (Å²) < 4.78 is 0. The Kier molecular flexibility index (Phi) is 2.86. The Morgan fingerprint density at radius 1 is 1.82 bits per heavy atom. The predicted molar refractivity (Wildman–Crippen MR) is 42.2 cm³/mol. The van der Waals surface area contributed by atoms with E-state index in [0.29, 0.717) is 5.37 Å². The first-order valence-electron chi connectivity index (χ1n) is 3.15. The van der Waals surface area contributed by atoms with Gasteiger partial charge in [0.15, 0.2) is 0 Å². The zero-order chi connectivity index (χ0) is 7.14.